The lowest BCUT2D eigenvalue weighted by Crippen LogP contribution is -1.93. The van der Waals surface area contributed by atoms with Crippen molar-refractivity contribution in [1.82, 2.24) is 9.13 Å². The molecule has 0 fully saturated rings. The van der Waals surface area contributed by atoms with E-state index in [1.54, 1.807) is 0 Å². The quantitative estimate of drug-likeness (QED) is 0.180. The lowest BCUT2D eigenvalue weighted by atomic mass is 9.99. The first-order chi connectivity index (χ1) is 29.7. The molecule has 60 heavy (non-hydrogen) atoms. The van der Waals surface area contributed by atoms with Gasteiger partial charge in [-0.05, 0) is 105 Å². The fraction of sp³-hybridized carbons (Fsp3) is 0. The van der Waals surface area contributed by atoms with Crippen molar-refractivity contribution in [2.45, 2.75) is 0 Å². The SMILES string of the molecule is c1ccc(-n2c3ccc(-c4ccc5c(c4)c4cc6c(cc4n5-c4ccccc4)oc4ccc5ccccc5c46)cc3c3cc4c(cc32)oc2ccc3ccccc3c24)cc1. The Morgan fingerprint density at radius 2 is 0.683 bits per heavy atom. The standard InChI is InChI=1S/C56H32N2O2/c1-3-13-37(14-4-1)57-47-23-19-35(27-41(47)43-29-45-53(31-49(43)57)59-51-25-21-33-11-7-9-17-39(33)55(45)51)36-20-24-48-42(28-36)44-30-46-54(32-50(44)58(48)38-15-5-2-6-16-38)60-52-26-22-34-12-8-10-18-40(34)56(46)52/h1-32H. The summed E-state index contributed by atoms with van der Waals surface area (Å²) in [4.78, 5) is 0. The zero-order chi connectivity index (χ0) is 39.1. The van der Waals surface area contributed by atoms with Gasteiger partial charge in [0.05, 0.1) is 22.1 Å². The van der Waals surface area contributed by atoms with Crippen molar-refractivity contribution in [2.24, 2.45) is 0 Å². The monoisotopic (exact) mass is 764 g/mol. The summed E-state index contributed by atoms with van der Waals surface area (Å²) < 4.78 is 18.0. The zero-order valence-corrected chi connectivity index (χ0v) is 32.2. The molecule has 0 spiro atoms. The van der Waals surface area contributed by atoms with E-state index >= 15 is 0 Å². The van der Waals surface area contributed by atoms with Crippen LogP contribution in [0.4, 0.5) is 0 Å². The maximum absolute atomic E-state index is 6.60. The Hall–Kier alpha value is -8.08. The smallest absolute Gasteiger partial charge is 0.137 e. The van der Waals surface area contributed by atoms with Crippen LogP contribution in [0, 0.1) is 0 Å². The Balaban J connectivity index is 1.04. The maximum Gasteiger partial charge on any atom is 0.137 e. The minimum absolute atomic E-state index is 0.891. The molecule has 14 rings (SSSR count). The minimum atomic E-state index is 0.891. The van der Waals surface area contributed by atoms with Crippen LogP contribution < -0.4 is 0 Å². The average molecular weight is 765 g/mol. The van der Waals surface area contributed by atoms with Crippen molar-refractivity contribution in [3.63, 3.8) is 0 Å². The first-order valence-corrected chi connectivity index (χ1v) is 20.5. The van der Waals surface area contributed by atoms with Crippen LogP contribution in [0.3, 0.4) is 0 Å². The van der Waals surface area contributed by atoms with E-state index in [1.165, 1.54) is 54.2 Å². The number of rotatable bonds is 3. The fourth-order valence-corrected chi connectivity index (χ4v) is 10.2. The highest BCUT2D eigenvalue weighted by molar-refractivity contribution is 6.25. The molecule has 0 amide bonds. The normalized spacial score (nSPS) is 12.3. The molecule has 4 nitrogen and oxygen atoms in total. The molecule has 0 unspecified atom stereocenters. The highest BCUT2D eigenvalue weighted by atomic mass is 16.3. The van der Waals surface area contributed by atoms with Gasteiger partial charge in [0.25, 0.3) is 0 Å². The second kappa shape index (κ2) is 11.8. The Morgan fingerprint density at radius 1 is 0.267 bits per heavy atom. The molecule has 0 saturated carbocycles. The summed E-state index contributed by atoms with van der Waals surface area (Å²) in [5.74, 6) is 0. The van der Waals surface area contributed by atoms with Gasteiger partial charge in [-0.2, -0.15) is 0 Å². The van der Waals surface area contributed by atoms with Gasteiger partial charge < -0.3 is 18.0 Å². The van der Waals surface area contributed by atoms with Crippen LogP contribution in [0.25, 0.3) is 132 Å². The number of aromatic nitrogens is 2. The van der Waals surface area contributed by atoms with Gasteiger partial charge >= 0.3 is 0 Å². The molecule has 14 aromatic rings. The number of furan rings is 2. The van der Waals surface area contributed by atoms with Gasteiger partial charge in [0.15, 0.2) is 0 Å². The summed E-state index contributed by atoms with van der Waals surface area (Å²) in [5, 5.41) is 14.2. The summed E-state index contributed by atoms with van der Waals surface area (Å²) >= 11 is 0. The lowest BCUT2D eigenvalue weighted by molar-refractivity contribution is 0.669. The van der Waals surface area contributed by atoms with Crippen LogP contribution in [-0.4, -0.2) is 9.13 Å². The van der Waals surface area contributed by atoms with Crippen molar-refractivity contribution in [3.05, 3.63) is 194 Å². The molecule has 4 heterocycles. The summed E-state index contributed by atoms with van der Waals surface area (Å²) in [6.07, 6.45) is 0. The molecule has 0 aliphatic carbocycles. The van der Waals surface area contributed by atoms with Gasteiger partial charge in [0.1, 0.15) is 22.3 Å². The molecule has 0 aliphatic heterocycles. The van der Waals surface area contributed by atoms with Crippen molar-refractivity contribution < 1.29 is 8.83 Å². The lowest BCUT2D eigenvalue weighted by Gasteiger charge is -2.09. The Kier molecular flexibility index (Phi) is 6.26. The molecular weight excluding hydrogens is 733 g/mol. The molecule has 278 valence electrons. The summed E-state index contributed by atoms with van der Waals surface area (Å²) in [6, 6.07) is 70.1. The summed E-state index contributed by atoms with van der Waals surface area (Å²) in [5.41, 5.74) is 12.7. The Labute approximate surface area is 342 Å². The number of fused-ring (bicyclic) bond motifs is 16. The van der Waals surface area contributed by atoms with Crippen LogP contribution >= 0.6 is 0 Å². The second-order valence-electron chi connectivity index (χ2n) is 16.1. The van der Waals surface area contributed by atoms with Crippen molar-refractivity contribution in [1.29, 1.82) is 0 Å². The molecule has 4 aromatic heterocycles. The van der Waals surface area contributed by atoms with E-state index in [2.05, 4.69) is 203 Å². The Morgan fingerprint density at radius 3 is 1.15 bits per heavy atom. The van der Waals surface area contributed by atoms with E-state index < -0.39 is 0 Å². The highest BCUT2D eigenvalue weighted by Gasteiger charge is 2.21. The van der Waals surface area contributed by atoms with Gasteiger partial charge in [0, 0.05) is 66.6 Å². The van der Waals surface area contributed by atoms with E-state index in [9.17, 15) is 0 Å². The highest BCUT2D eigenvalue weighted by Crippen LogP contribution is 2.44. The van der Waals surface area contributed by atoms with Gasteiger partial charge in [-0.25, -0.2) is 0 Å². The molecule has 0 bridgehead atoms. The first kappa shape index (κ1) is 31.9. The van der Waals surface area contributed by atoms with Crippen molar-refractivity contribution in [3.8, 4) is 22.5 Å². The average Bonchev–Trinajstić information content (AvgIpc) is 4.04. The zero-order valence-electron chi connectivity index (χ0n) is 32.2. The van der Waals surface area contributed by atoms with Crippen LogP contribution in [0.2, 0.25) is 0 Å². The third kappa shape index (κ3) is 4.34. The summed E-state index contributed by atoms with van der Waals surface area (Å²) in [7, 11) is 0. The van der Waals surface area contributed by atoms with Gasteiger partial charge in [-0.3, -0.25) is 0 Å². The third-order valence-corrected chi connectivity index (χ3v) is 12.9. The molecule has 4 heteroatoms. The van der Waals surface area contributed by atoms with E-state index in [0.29, 0.717) is 0 Å². The molecular formula is C56H32N2O2. The van der Waals surface area contributed by atoms with Crippen LogP contribution in [-0.2, 0) is 0 Å². The van der Waals surface area contributed by atoms with Gasteiger partial charge in [0.2, 0.25) is 0 Å². The predicted octanol–water partition coefficient (Wildman–Crippen LogP) is 15.7. The van der Waals surface area contributed by atoms with Crippen LogP contribution in [0.15, 0.2) is 203 Å². The number of nitrogens with zero attached hydrogens (tertiary/aromatic N) is 2. The van der Waals surface area contributed by atoms with E-state index in [-0.39, 0.29) is 0 Å². The predicted molar refractivity (Wildman–Crippen MR) is 250 cm³/mol. The fourth-order valence-electron chi connectivity index (χ4n) is 10.2. The molecule has 0 N–H and O–H groups in total. The van der Waals surface area contributed by atoms with Gasteiger partial charge in [-0.15, -0.1) is 0 Å². The topological polar surface area (TPSA) is 36.1 Å². The van der Waals surface area contributed by atoms with E-state index in [4.69, 9.17) is 8.83 Å². The first-order valence-electron chi connectivity index (χ1n) is 20.5. The van der Waals surface area contributed by atoms with Crippen LogP contribution in [0.1, 0.15) is 0 Å². The molecule has 0 radical (unpaired) electrons. The van der Waals surface area contributed by atoms with Crippen molar-refractivity contribution >= 4 is 109 Å². The third-order valence-electron chi connectivity index (χ3n) is 12.9. The second-order valence-corrected chi connectivity index (χ2v) is 16.1. The van der Waals surface area contributed by atoms with Crippen molar-refractivity contribution in [2.75, 3.05) is 0 Å². The van der Waals surface area contributed by atoms with E-state index in [0.717, 1.165) is 77.3 Å². The van der Waals surface area contributed by atoms with Gasteiger partial charge in [-0.1, -0.05) is 109 Å². The molecule has 0 aliphatic rings. The summed E-state index contributed by atoms with van der Waals surface area (Å²) in [6.45, 7) is 0. The minimum Gasteiger partial charge on any atom is -0.456 e. The number of benzene rings is 10. The Bertz CT molecular complexity index is 3840. The van der Waals surface area contributed by atoms with E-state index in [1.807, 2.05) is 0 Å². The molecule has 10 aromatic carbocycles. The largest absolute Gasteiger partial charge is 0.456 e. The molecule has 0 saturated heterocycles. The maximum atomic E-state index is 6.60. The number of para-hydroxylation sites is 2. The number of hydrogen-bond donors (Lipinski definition) is 0. The number of hydrogen-bond acceptors (Lipinski definition) is 2. The molecule has 0 atom stereocenters. The van der Waals surface area contributed by atoms with Crippen LogP contribution in [0.5, 0.6) is 0 Å².